The van der Waals surface area contributed by atoms with Crippen molar-refractivity contribution in [3.8, 4) is 33.9 Å². The Labute approximate surface area is 206 Å². The van der Waals surface area contributed by atoms with Crippen molar-refractivity contribution < 1.29 is 0 Å². The highest BCUT2D eigenvalue weighted by molar-refractivity contribution is 6.12. The number of hydrogen-bond acceptors (Lipinski definition) is 1. The summed E-state index contributed by atoms with van der Waals surface area (Å²) in [6, 6.07) is 41.0. The first-order valence-electron chi connectivity index (χ1n) is 12.5. The van der Waals surface area contributed by atoms with Crippen LogP contribution in [-0.4, -0.2) is 9.55 Å². The highest BCUT2D eigenvalue weighted by atomic mass is 15.1. The van der Waals surface area contributed by atoms with E-state index in [9.17, 15) is 0 Å². The van der Waals surface area contributed by atoms with E-state index in [0.29, 0.717) is 0 Å². The molecule has 0 amide bonds. The molecule has 2 nitrogen and oxygen atoms in total. The SMILES string of the molecule is CCCCn1c(-c2c3ccccc3cc3ccccc23)nc(-c2ccccc2)c1-c1ccccc1. The lowest BCUT2D eigenvalue weighted by Crippen LogP contribution is -2.04. The van der Waals surface area contributed by atoms with Crippen LogP contribution in [0.3, 0.4) is 0 Å². The summed E-state index contributed by atoms with van der Waals surface area (Å²) in [4.78, 5) is 5.44. The molecule has 0 fully saturated rings. The first-order chi connectivity index (χ1) is 17.3. The van der Waals surface area contributed by atoms with Crippen LogP contribution in [0, 0.1) is 0 Å². The van der Waals surface area contributed by atoms with Crippen molar-refractivity contribution in [3.63, 3.8) is 0 Å². The monoisotopic (exact) mass is 452 g/mol. The zero-order valence-electron chi connectivity index (χ0n) is 20.0. The number of benzene rings is 5. The first-order valence-corrected chi connectivity index (χ1v) is 12.5. The topological polar surface area (TPSA) is 17.8 Å². The van der Waals surface area contributed by atoms with Crippen LogP contribution < -0.4 is 0 Å². The number of hydrogen-bond donors (Lipinski definition) is 0. The second kappa shape index (κ2) is 9.23. The van der Waals surface area contributed by atoms with Crippen molar-refractivity contribution in [1.82, 2.24) is 9.55 Å². The largest absolute Gasteiger partial charge is 0.323 e. The second-order valence-corrected chi connectivity index (χ2v) is 9.06. The molecule has 0 saturated carbocycles. The van der Waals surface area contributed by atoms with Gasteiger partial charge < -0.3 is 4.57 Å². The van der Waals surface area contributed by atoms with Gasteiger partial charge >= 0.3 is 0 Å². The molecule has 0 aliphatic carbocycles. The van der Waals surface area contributed by atoms with Gasteiger partial charge in [0.15, 0.2) is 0 Å². The van der Waals surface area contributed by atoms with E-state index in [1.165, 1.54) is 38.4 Å². The van der Waals surface area contributed by atoms with Gasteiger partial charge in [-0.1, -0.05) is 123 Å². The fourth-order valence-corrected chi connectivity index (χ4v) is 5.12. The third kappa shape index (κ3) is 3.81. The molecular weight excluding hydrogens is 424 g/mol. The Kier molecular flexibility index (Phi) is 5.64. The van der Waals surface area contributed by atoms with E-state index in [4.69, 9.17) is 4.98 Å². The lowest BCUT2D eigenvalue weighted by Gasteiger charge is -2.16. The molecule has 0 radical (unpaired) electrons. The normalized spacial score (nSPS) is 11.3. The smallest absolute Gasteiger partial charge is 0.142 e. The summed E-state index contributed by atoms with van der Waals surface area (Å²) in [5, 5.41) is 4.98. The standard InChI is InChI=1S/C33H28N2/c1-2-3-22-35-32(25-16-8-5-9-17-25)31(24-14-6-4-7-15-24)34-33(35)30-28-20-12-10-18-26(28)23-27-19-11-13-21-29(27)30/h4-21,23H,2-3,22H2,1H3. The molecule has 0 aliphatic heterocycles. The summed E-state index contributed by atoms with van der Waals surface area (Å²) < 4.78 is 2.47. The van der Waals surface area contributed by atoms with Gasteiger partial charge in [0.25, 0.3) is 0 Å². The third-order valence-electron chi connectivity index (χ3n) is 6.79. The van der Waals surface area contributed by atoms with Crippen molar-refractivity contribution in [3.05, 3.63) is 115 Å². The maximum atomic E-state index is 5.44. The first kappa shape index (κ1) is 21.4. The van der Waals surface area contributed by atoms with Gasteiger partial charge in [-0.05, 0) is 34.0 Å². The van der Waals surface area contributed by atoms with Crippen molar-refractivity contribution in [2.45, 2.75) is 26.3 Å². The molecule has 0 spiro atoms. The molecule has 170 valence electrons. The number of aromatic nitrogens is 2. The molecule has 35 heavy (non-hydrogen) atoms. The molecule has 2 heteroatoms. The highest BCUT2D eigenvalue weighted by Gasteiger charge is 2.23. The zero-order valence-corrected chi connectivity index (χ0v) is 20.0. The zero-order chi connectivity index (χ0) is 23.6. The predicted octanol–water partition coefficient (Wildman–Crippen LogP) is 8.99. The fourth-order valence-electron chi connectivity index (χ4n) is 5.12. The summed E-state index contributed by atoms with van der Waals surface area (Å²) in [6.45, 7) is 3.18. The minimum Gasteiger partial charge on any atom is -0.323 e. The molecule has 0 unspecified atom stereocenters. The molecule has 0 bridgehead atoms. The summed E-state index contributed by atoms with van der Waals surface area (Å²) in [6.07, 6.45) is 2.23. The lowest BCUT2D eigenvalue weighted by atomic mass is 9.96. The highest BCUT2D eigenvalue weighted by Crippen LogP contribution is 2.41. The molecule has 0 atom stereocenters. The molecule has 1 heterocycles. The summed E-state index contributed by atoms with van der Waals surface area (Å²) >= 11 is 0. The average Bonchev–Trinajstić information content (AvgIpc) is 3.30. The summed E-state index contributed by atoms with van der Waals surface area (Å²) in [5.41, 5.74) is 5.80. The van der Waals surface area contributed by atoms with Crippen molar-refractivity contribution >= 4 is 21.5 Å². The van der Waals surface area contributed by atoms with Crippen LogP contribution >= 0.6 is 0 Å². The average molecular weight is 453 g/mol. The predicted molar refractivity (Wildman–Crippen MR) is 148 cm³/mol. The van der Waals surface area contributed by atoms with Gasteiger partial charge in [-0.2, -0.15) is 0 Å². The van der Waals surface area contributed by atoms with E-state index < -0.39 is 0 Å². The van der Waals surface area contributed by atoms with Gasteiger partial charge in [0, 0.05) is 23.2 Å². The van der Waals surface area contributed by atoms with Crippen LogP contribution in [0.1, 0.15) is 19.8 Å². The van der Waals surface area contributed by atoms with Gasteiger partial charge in [0.1, 0.15) is 5.82 Å². The van der Waals surface area contributed by atoms with Crippen LogP contribution in [0.25, 0.3) is 55.4 Å². The molecule has 6 rings (SSSR count). The second-order valence-electron chi connectivity index (χ2n) is 9.06. The lowest BCUT2D eigenvalue weighted by molar-refractivity contribution is 0.642. The molecule has 0 saturated heterocycles. The van der Waals surface area contributed by atoms with E-state index >= 15 is 0 Å². The summed E-state index contributed by atoms with van der Waals surface area (Å²) in [7, 11) is 0. The minimum atomic E-state index is 0.924. The maximum absolute atomic E-state index is 5.44. The number of unbranched alkanes of at least 4 members (excludes halogenated alkanes) is 1. The van der Waals surface area contributed by atoms with Gasteiger partial charge in [0.2, 0.25) is 0 Å². The minimum absolute atomic E-state index is 0.924. The van der Waals surface area contributed by atoms with Crippen LogP contribution in [0.15, 0.2) is 115 Å². The molecule has 0 aliphatic rings. The van der Waals surface area contributed by atoms with Crippen LogP contribution in [-0.2, 0) is 6.54 Å². The molecule has 0 N–H and O–H groups in total. The molecule has 1 aromatic heterocycles. The number of rotatable bonds is 6. The van der Waals surface area contributed by atoms with Crippen LogP contribution in [0.2, 0.25) is 0 Å². The van der Waals surface area contributed by atoms with Crippen molar-refractivity contribution in [1.29, 1.82) is 0 Å². The third-order valence-corrected chi connectivity index (χ3v) is 6.79. The Hall–Kier alpha value is -4.17. The van der Waals surface area contributed by atoms with E-state index in [-0.39, 0.29) is 0 Å². The van der Waals surface area contributed by atoms with Crippen molar-refractivity contribution in [2.24, 2.45) is 0 Å². The Morgan fingerprint density at radius 1 is 0.629 bits per heavy atom. The van der Waals surface area contributed by atoms with Gasteiger partial charge in [-0.25, -0.2) is 4.98 Å². The van der Waals surface area contributed by atoms with E-state index in [1.54, 1.807) is 0 Å². The van der Waals surface area contributed by atoms with E-state index in [1.807, 2.05) is 0 Å². The molecular formula is C33H28N2. The Bertz CT molecular complexity index is 1560. The van der Waals surface area contributed by atoms with Crippen LogP contribution in [0.5, 0.6) is 0 Å². The Morgan fingerprint density at radius 3 is 1.77 bits per heavy atom. The van der Waals surface area contributed by atoms with E-state index in [2.05, 4.69) is 127 Å². The summed E-state index contributed by atoms with van der Waals surface area (Å²) in [5.74, 6) is 1.05. The maximum Gasteiger partial charge on any atom is 0.142 e. The number of nitrogens with zero attached hydrogens (tertiary/aromatic N) is 2. The van der Waals surface area contributed by atoms with Gasteiger partial charge in [-0.3, -0.25) is 0 Å². The molecule has 6 aromatic rings. The van der Waals surface area contributed by atoms with Gasteiger partial charge in [-0.15, -0.1) is 0 Å². The van der Waals surface area contributed by atoms with Crippen molar-refractivity contribution in [2.75, 3.05) is 0 Å². The Balaban J connectivity index is 1.76. The Morgan fingerprint density at radius 2 is 1.17 bits per heavy atom. The number of fused-ring (bicyclic) bond motifs is 2. The quantitative estimate of drug-likeness (QED) is 0.231. The van der Waals surface area contributed by atoms with Gasteiger partial charge in [0.05, 0.1) is 11.4 Å². The number of imidazole rings is 1. The van der Waals surface area contributed by atoms with E-state index in [0.717, 1.165) is 36.5 Å². The fraction of sp³-hybridized carbons (Fsp3) is 0.121. The van der Waals surface area contributed by atoms with Crippen LogP contribution in [0.4, 0.5) is 0 Å². The molecule has 5 aromatic carbocycles.